The molecule has 25 heavy (non-hydrogen) atoms. The summed E-state index contributed by atoms with van der Waals surface area (Å²) >= 11 is 0. The second-order valence-corrected chi connectivity index (χ2v) is 6.14. The molecule has 1 heterocycles. The summed E-state index contributed by atoms with van der Waals surface area (Å²) < 4.78 is 28.1. The Morgan fingerprint density at radius 3 is 2.56 bits per heavy atom. The maximum Gasteiger partial charge on any atom is 0.259 e. The fourth-order valence-electron chi connectivity index (χ4n) is 3.21. The number of aromatic nitrogens is 2. The minimum absolute atomic E-state index is 0.0744. The molecule has 0 unspecified atom stereocenters. The van der Waals surface area contributed by atoms with Crippen LogP contribution in [0.4, 0.5) is 8.78 Å². The number of nitrogens with zero attached hydrogens (tertiary/aromatic N) is 2. The predicted octanol–water partition coefficient (Wildman–Crippen LogP) is 3.03. The number of hydroxylamine groups is 1. The summed E-state index contributed by atoms with van der Waals surface area (Å²) in [5.74, 6) is -2.10. The van der Waals surface area contributed by atoms with Crippen LogP contribution in [0.5, 0.6) is 0 Å². The van der Waals surface area contributed by atoms with Gasteiger partial charge in [0.05, 0.1) is 24.1 Å². The Labute approximate surface area is 143 Å². The monoisotopic (exact) mass is 345 g/mol. The highest BCUT2D eigenvalue weighted by Gasteiger charge is 2.49. The summed E-state index contributed by atoms with van der Waals surface area (Å²) in [5, 5.41) is 8.07. The van der Waals surface area contributed by atoms with Gasteiger partial charge in [0.2, 0.25) is 0 Å². The maximum atomic E-state index is 14.0. The molecule has 1 aromatic carbocycles. The third-order valence-corrected chi connectivity index (χ3v) is 4.80. The van der Waals surface area contributed by atoms with Crippen molar-refractivity contribution < 1.29 is 18.4 Å². The number of amides is 1. The van der Waals surface area contributed by atoms with Crippen LogP contribution in [0.25, 0.3) is 11.3 Å². The highest BCUT2D eigenvalue weighted by molar-refractivity contribution is 5.92. The van der Waals surface area contributed by atoms with Gasteiger partial charge in [0.15, 0.2) is 0 Å². The van der Waals surface area contributed by atoms with Gasteiger partial charge in [-0.15, -0.1) is 5.10 Å². The van der Waals surface area contributed by atoms with Gasteiger partial charge < -0.3 is 0 Å². The van der Waals surface area contributed by atoms with E-state index in [0.29, 0.717) is 16.8 Å². The number of hydrogen-bond acceptors (Lipinski definition) is 4. The molecule has 1 N–H and O–H groups in total. The van der Waals surface area contributed by atoms with E-state index in [1.165, 1.54) is 13.2 Å². The minimum atomic E-state index is -1.13. The zero-order chi connectivity index (χ0) is 18.4. The molecule has 0 fully saturated rings. The van der Waals surface area contributed by atoms with E-state index in [0.717, 1.165) is 12.1 Å². The Kier molecular flexibility index (Phi) is 4.12. The van der Waals surface area contributed by atoms with E-state index in [1.807, 2.05) is 6.92 Å². The largest absolute Gasteiger partial charge is 0.277 e. The van der Waals surface area contributed by atoms with Crippen molar-refractivity contribution in [3.8, 4) is 11.3 Å². The summed E-state index contributed by atoms with van der Waals surface area (Å²) in [5.41, 5.74) is 2.66. The van der Waals surface area contributed by atoms with E-state index >= 15 is 0 Å². The number of rotatable bonds is 3. The predicted molar refractivity (Wildman–Crippen MR) is 87.4 cm³/mol. The molecular weight excluding hydrogens is 328 g/mol. The standard InChI is InChI=1S/C18H17F2N3O2/c1-9-10(2)18(3,17(24)23-25-4)16-11(9)8-14(21-22-16)15-12(19)6-5-7-13(15)20/h5-9H,2H2,1,3-4H3,(H,23,24)/t9-,18-/m0/s1. The molecule has 0 radical (unpaired) electrons. The summed E-state index contributed by atoms with van der Waals surface area (Å²) in [6, 6.07) is 5.16. The van der Waals surface area contributed by atoms with Gasteiger partial charge in [0.25, 0.3) is 5.91 Å². The van der Waals surface area contributed by atoms with Gasteiger partial charge in [0.1, 0.15) is 17.0 Å². The lowest BCUT2D eigenvalue weighted by molar-refractivity contribution is -0.135. The molecule has 1 aliphatic rings. The van der Waals surface area contributed by atoms with Crippen LogP contribution in [0.1, 0.15) is 31.0 Å². The van der Waals surface area contributed by atoms with Crippen molar-refractivity contribution >= 4 is 5.91 Å². The van der Waals surface area contributed by atoms with Crippen LogP contribution in [-0.4, -0.2) is 23.2 Å². The molecule has 0 spiro atoms. The highest BCUT2D eigenvalue weighted by atomic mass is 19.1. The smallest absolute Gasteiger partial charge is 0.259 e. The molecular formula is C18H17F2N3O2. The molecule has 5 nitrogen and oxygen atoms in total. The summed E-state index contributed by atoms with van der Waals surface area (Å²) in [6.07, 6.45) is 0. The van der Waals surface area contributed by atoms with Gasteiger partial charge in [-0.2, -0.15) is 5.10 Å². The Hall–Kier alpha value is -2.67. The lowest BCUT2D eigenvalue weighted by Crippen LogP contribution is -2.42. The van der Waals surface area contributed by atoms with Crippen LogP contribution in [-0.2, 0) is 15.0 Å². The van der Waals surface area contributed by atoms with Crippen LogP contribution >= 0.6 is 0 Å². The number of nitrogens with one attached hydrogen (secondary N) is 1. The lowest BCUT2D eigenvalue weighted by atomic mass is 9.81. The van der Waals surface area contributed by atoms with Crippen LogP contribution in [0, 0.1) is 11.6 Å². The zero-order valence-corrected chi connectivity index (χ0v) is 14.1. The zero-order valence-electron chi connectivity index (χ0n) is 14.1. The SMILES string of the molecule is C=C1[C@H](C)c2cc(-c3c(F)cccc3F)nnc2[C@@]1(C)C(=O)NOC. The topological polar surface area (TPSA) is 64.1 Å². The first-order valence-corrected chi connectivity index (χ1v) is 7.67. The maximum absolute atomic E-state index is 14.0. The van der Waals surface area contributed by atoms with E-state index in [4.69, 9.17) is 4.84 Å². The molecule has 1 aliphatic carbocycles. The van der Waals surface area contributed by atoms with Crippen molar-refractivity contribution in [2.24, 2.45) is 0 Å². The van der Waals surface area contributed by atoms with Gasteiger partial charge in [0, 0.05) is 5.92 Å². The molecule has 0 saturated heterocycles. The van der Waals surface area contributed by atoms with Crippen molar-refractivity contribution in [1.82, 2.24) is 15.7 Å². The Morgan fingerprint density at radius 1 is 1.32 bits per heavy atom. The van der Waals surface area contributed by atoms with Crippen molar-refractivity contribution in [1.29, 1.82) is 0 Å². The van der Waals surface area contributed by atoms with Crippen molar-refractivity contribution in [3.05, 3.63) is 59.3 Å². The first-order valence-electron chi connectivity index (χ1n) is 7.67. The second kappa shape index (κ2) is 6.00. The van der Waals surface area contributed by atoms with Gasteiger partial charge in [-0.25, -0.2) is 14.3 Å². The summed E-state index contributed by atoms with van der Waals surface area (Å²) in [7, 11) is 1.33. The second-order valence-electron chi connectivity index (χ2n) is 6.14. The fourth-order valence-corrected chi connectivity index (χ4v) is 3.21. The average molecular weight is 345 g/mol. The molecule has 1 aromatic heterocycles. The van der Waals surface area contributed by atoms with Gasteiger partial charge in [-0.05, 0) is 36.3 Å². The number of carbonyl (C=O) groups excluding carboxylic acids is 1. The number of carbonyl (C=O) groups is 1. The third-order valence-electron chi connectivity index (χ3n) is 4.80. The molecule has 0 aliphatic heterocycles. The van der Waals surface area contributed by atoms with E-state index in [1.54, 1.807) is 13.0 Å². The van der Waals surface area contributed by atoms with Crippen molar-refractivity contribution in [2.75, 3.05) is 7.11 Å². The molecule has 7 heteroatoms. The van der Waals surface area contributed by atoms with E-state index < -0.39 is 23.0 Å². The van der Waals surface area contributed by atoms with E-state index in [2.05, 4.69) is 22.3 Å². The van der Waals surface area contributed by atoms with Crippen molar-refractivity contribution in [2.45, 2.75) is 25.2 Å². The van der Waals surface area contributed by atoms with Gasteiger partial charge in [-0.1, -0.05) is 19.6 Å². The van der Waals surface area contributed by atoms with Crippen LogP contribution < -0.4 is 5.48 Å². The first kappa shape index (κ1) is 17.2. The number of fused-ring (bicyclic) bond motifs is 1. The minimum Gasteiger partial charge on any atom is -0.277 e. The molecule has 0 bridgehead atoms. The summed E-state index contributed by atoms with van der Waals surface area (Å²) in [6.45, 7) is 7.54. The van der Waals surface area contributed by atoms with Crippen LogP contribution in [0.2, 0.25) is 0 Å². The molecule has 3 rings (SSSR count). The normalized spacial score (nSPS) is 22.0. The Balaban J connectivity index is 2.17. The van der Waals surface area contributed by atoms with Crippen LogP contribution in [0.3, 0.4) is 0 Å². The Morgan fingerprint density at radius 2 is 1.96 bits per heavy atom. The molecule has 2 atom stereocenters. The molecule has 0 saturated carbocycles. The lowest BCUT2D eigenvalue weighted by Gasteiger charge is -2.24. The van der Waals surface area contributed by atoms with Gasteiger partial charge in [-0.3, -0.25) is 9.63 Å². The summed E-state index contributed by atoms with van der Waals surface area (Å²) in [4.78, 5) is 17.2. The van der Waals surface area contributed by atoms with Gasteiger partial charge >= 0.3 is 0 Å². The fraction of sp³-hybridized carbons (Fsp3) is 0.278. The highest BCUT2D eigenvalue weighted by Crippen LogP contribution is 2.49. The average Bonchev–Trinajstić information content (AvgIpc) is 2.77. The van der Waals surface area contributed by atoms with Crippen molar-refractivity contribution in [3.63, 3.8) is 0 Å². The number of halogens is 2. The number of benzene rings is 1. The van der Waals surface area contributed by atoms with E-state index in [9.17, 15) is 13.6 Å². The molecule has 2 aromatic rings. The third kappa shape index (κ3) is 2.42. The number of hydrogen-bond donors (Lipinski definition) is 1. The molecule has 130 valence electrons. The van der Waals surface area contributed by atoms with Crippen LogP contribution in [0.15, 0.2) is 36.4 Å². The molecule has 1 amide bonds. The Bertz CT molecular complexity index is 864. The van der Waals surface area contributed by atoms with E-state index in [-0.39, 0.29) is 17.2 Å². The first-order chi connectivity index (χ1) is 11.8. The quantitative estimate of drug-likeness (QED) is 0.686.